The molecule has 0 unspecified atom stereocenters. The first-order valence-electron chi connectivity index (χ1n) is 7.22. The molecule has 1 rings (SSSR count). The van der Waals surface area contributed by atoms with Gasteiger partial charge in [0.25, 0.3) is 5.78 Å². The zero-order chi connectivity index (χ0) is 18.1. The predicted molar refractivity (Wildman–Crippen MR) is 85.4 cm³/mol. The first-order valence-corrected chi connectivity index (χ1v) is 10.1. The summed E-state index contributed by atoms with van der Waals surface area (Å²) in [6, 6.07) is 3.68. The minimum Gasteiger partial charge on any atom is -0.496 e. The molecule has 0 N–H and O–H groups in total. The second-order valence-corrected chi connectivity index (χ2v) is 11.7. The van der Waals surface area contributed by atoms with Gasteiger partial charge in [0.15, 0.2) is 8.32 Å². The van der Waals surface area contributed by atoms with Crippen molar-refractivity contribution >= 4 is 14.1 Å². The Morgan fingerprint density at radius 1 is 1.17 bits per heavy atom. The van der Waals surface area contributed by atoms with Gasteiger partial charge in [0.05, 0.1) is 13.7 Å². The first-order chi connectivity index (χ1) is 10.3. The lowest BCUT2D eigenvalue weighted by Gasteiger charge is -2.36. The highest BCUT2D eigenvalue weighted by Gasteiger charge is 2.40. The zero-order valence-corrected chi connectivity index (χ0v) is 15.3. The van der Waals surface area contributed by atoms with Gasteiger partial charge in [-0.2, -0.15) is 13.2 Å². The van der Waals surface area contributed by atoms with Crippen LogP contribution in [0.3, 0.4) is 0 Å². The number of Topliss-reactive ketones (excluding diaryl/α,β-unsaturated/α-hetero) is 1. The molecule has 23 heavy (non-hydrogen) atoms. The number of ether oxygens (including phenoxy) is 1. The second-order valence-electron chi connectivity index (χ2n) is 6.90. The van der Waals surface area contributed by atoms with Crippen molar-refractivity contribution in [2.45, 2.75) is 51.7 Å². The van der Waals surface area contributed by atoms with Gasteiger partial charge in [-0.3, -0.25) is 4.79 Å². The third kappa shape index (κ3) is 4.81. The van der Waals surface area contributed by atoms with E-state index in [4.69, 9.17) is 9.16 Å². The van der Waals surface area contributed by atoms with E-state index < -0.39 is 25.8 Å². The Morgan fingerprint density at radius 3 is 2.17 bits per heavy atom. The number of rotatable bonds is 5. The molecule has 0 fully saturated rings. The molecular formula is C16H23F3O3Si. The highest BCUT2D eigenvalue weighted by atomic mass is 28.4. The summed E-state index contributed by atoms with van der Waals surface area (Å²) in [5.74, 6) is -1.46. The van der Waals surface area contributed by atoms with E-state index in [0.29, 0.717) is 11.3 Å². The van der Waals surface area contributed by atoms with Crippen LogP contribution < -0.4 is 4.74 Å². The molecule has 0 amide bonds. The Hall–Kier alpha value is -1.34. The van der Waals surface area contributed by atoms with Gasteiger partial charge in [0, 0.05) is 11.1 Å². The van der Waals surface area contributed by atoms with Crippen LogP contribution in [0.1, 0.15) is 36.7 Å². The van der Waals surface area contributed by atoms with E-state index in [2.05, 4.69) is 20.8 Å². The average molecular weight is 348 g/mol. The van der Waals surface area contributed by atoms with E-state index in [9.17, 15) is 18.0 Å². The lowest BCUT2D eigenvalue weighted by Crippen LogP contribution is -2.40. The van der Waals surface area contributed by atoms with E-state index in [1.165, 1.54) is 19.2 Å². The molecule has 0 spiro atoms. The van der Waals surface area contributed by atoms with Crippen LogP contribution in [0.2, 0.25) is 18.1 Å². The molecule has 0 atom stereocenters. The minimum absolute atomic E-state index is 0.0281. The van der Waals surface area contributed by atoms with Crippen molar-refractivity contribution in [3.05, 3.63) is 29.3 Å². The molecular weight excluding hydrogens is 325 g/mol. The van der Waals surface area contributed by atoms with Crippen LogP contribution >= 0.6 is 0 Å². The Morgan fingerprint density at radius 2 is 1.74 bits per heavy atom. The third-order valence-corrected chi connectivity index (χ3v) is 8.67. The van der Waals surface area contributed by atoms with Crippen LogP contribution in [0.25, 0.3) is 0 Å². The Balaban J connectivity index is 3.08. The SMILES string of the molecule is COc1ccc(C(=O)C(F)(F)F)cc1CO[Si](C)(C)C(C)(C)C. The van der Waals surface area contributed by atoms with E-state index in [-0.39, 0.29) is 11.6 Å². The summed E-state index contributed by atoms with van der Waals surface area (Å²) in [7, 11) is -0.640. The van der Waals surface area contributed by atoms with E-state index in [1.807, 2.05) is 13.1 Å². The number of halogens is 3. The summed E-state index contributed by atoms with van der Waals surface area (Å²) in [5.41, 5.74) is 0.0274. The first kappa shape index (κ1) is 19.7. The van der Waals surface area contributed by atoms with Crippen LogP contribution in [0.5, 0.6) is 5.75 Å². The fraction of sp³-hybridized carbons (Fsp3) is 0.562. The molecule has 0 aliphatic rings. The fourth-order valence-electron chi connectivity index (χ4n) is 1.67. The van der Waals surface area contributed by atoms with Crippen molar-refractivity contribution in [2.75, 3.05) is 7.11 Å². The molecule has 1 aromatic rings. The van der Waals surface area contributed by atoms with Gasteiger partial charge in [-0.05, 0) is 36.3 Å². The summed E-state index contributed by atoms with van der Waals surface area (Å²) in [5, 5.41) is -0.0281. The Labute approximate surface area is 135 Å². The number of hydrogen-bond acceptors (Lipinski definition) is 3. The molecule has 7 heteroatoms. The summed E-state index contributed by atoms with van der Waals surface area (Å²) in [4.78, 5) is 11.4. The largest absolute Gasteiger partial charge is 0.496 e. The number of carbonyl (C=O) groups is 1. The van der Waals surface area contributed by atoms with E-state index in [1.54, 1.807) is 0 Å². The molecule has 0 heterocycles. The minimum atomic E-state index is -4.90. The van der Waals surface area contributed by atoms with Gasteiger partial charge in [0.1, 0.15) is 5.75 Å². The topological polar surface area (TPSA) is 35.5 Å². The standard InChI is InChI=1S/C16H23F3O3Si/c1-15(2,3)23(5,6)22-10-12-9-11(7-8-13(12)21-4)14(20)16(17,18)19/h7-9H,10H2,1-6H3. The molecule has 0 saturated carbocycles. The van der Waals surface area contributed by atoms with Crippen LogP contribution in [0, 0.1) is 0 Å². The maximum absolute atomic E-state index is 12.6. The van der Waals surface area contributed by atoms with E-state index >= 15 is 0 Å². The second kappa shape index (κ2) is 6.65. The monoisotopic (exact) mass is 348 g/mol. The maximum Gasteiger partial charge on any atom is 0.454 e. The molecule has 0 saturated heterocycles. The number of methoxy groups -OCH3 is 1. The van der Waals surface area contributed by atoms with Crippen molar-refractivity contribution in [2.24, 2.45) is 0 Å². The molecule has 1 aromatic carbocycles. The molecule has 0 aliphatic heterocycles. The summed E-state index contributed by atoms with van der Waals surface area (Å²) in [6.45, 7) is 10.4. The number of alkyl halides is 3. The van der Waals surface area contributed by atoms with Gasteiger partial charge in [-0.15, -0.1) is 0 Å². The van der Waals surface area contributed by atoms with Crippen LogP contribution in [0.4, 0.5) is 13.2 Å². The lowest BCUT2D eigenvalue weighted by atomic mass is 10.1. The Kier molecular flexibility index (Phi) is 5.69. The fourth-order valence-corrected chi connectivity index (χ4v) is 2.62. The summed E-state index contributed by atoms with van der Waals surface area (Å²) in [6.07, 6.45) is -4.90. The number of benzene rings is 1. The summed E-state index contributed by atoms with van der Waals surface area (Å²) >= 11 is 0. The molecule has 130 valence electrons. The maximum atomic E-state index is 12.6. The van der Waals surface area contributed by atoms with Crippen LogP contribution in [-0.4, -0.2) is 27.4 Å². The lowest BCUT2D eigenvalue weighted by molar-refractivity contribution is -0.0885. The van der Waals surface area contributed by atoms with Gasteiger partial charge in [0.2, 0.25) is 0 Å². The molecule has 0 aromatic heterocycles. The highest BCUT2D eigenvalue weighted by Crippen LogP contribution is 2.37. The van der Waals surface area contributed by atoms with Crippen molar-refractivity contribution in [1.82, 2.24) is 0 Å². The van der Waals surface area contributed by atoms with Gasteiger partial charge in [-0.25, -0.2) is 0 Å². The smallest absolute Gasteiger partial charge is 0.454 e. The average Bonchev–Trinajstić information content (AvgIpc) is 2.41. The summed E-state index contributed by atoms with van der Waals surface area (Å²) < 4.78 is 48.9. The number of ketones is 1. The predicted octanol–water partition coefficient (Wildman–Crippen LogP) is 4.96. The van der Waals surface area contributed by atoms with Crippen molar-refractivity contribution in [3.8, 4) is 5.75 Å². The molecule has 0 radical (unpaired) electrons. The molecule has 3 nitrogen and oxygen atoms in total. The zero-order valence-electron chi connectivity index (χ0n) is 14.3. The van der Waals surface area contributed by atoms with Crippen molar-refractivity contribution < 1.29 is 27.1 Å². The van der Waals surface area contributed by atoms with Gasteiger partial charge < -0.3 is 9.16 Å². The molecule has 0 bridgehead atoms. The van der Waals surface area contributed by atoms with Crippen molar-refractivity contribution in [1.29, 1.82) is 0 Å². The van der Waals surface area contributed by atoms with Crippen LogP contribution in [-0.2, 0) is 11.0 Å². The van der Waals surface area contributed by atoms with Crippen molar-refractivity contribution in [3.63, 3.8) is 0 Å². The third-order valence-electron chi connectivity index (χ3n) is 4.19. The quantitative estimate of drug-likeness (QED) is 0.557. The van der Waals surface area contributed by atoms with Gasteiger partial charge in [-0.1, -0.05) is 20.8 Å². The van der Waals surface area contributed by atoms with Crippen LogP contribution in [0.15, 0.2) is 18.2 Å². The van der Waals surface area contributed by atoms with E-state index in [0.717, 1.165) is 6.07 Å². The Bertz CT molecular complexity index is 575. The van der Waals surface area contributed by atoms with Gasteiger partial charge >= 0.3 is 6.18 Å². The normalized spacial score (nSPS) is 13.1. The molecule has 0 aliphatic carbocycles. The highest BCUT2D eigenvalue weighted by molar-refractivity contribution is 6.74. The number of carbonyl (C=O) groups excluding carboxylic acids is 1. The number of hydrogen-bond donors (Lipinski definition) is 0.